The first-order valence-corrected chi connectivity index (χ1v) is 10.3. The number of benzene rings is 1. The summed E-state index contributed by atoms with van der Waals surface area (Å²) in [4.78, 5) is 25.1. The first kappa shape index (κ1) is 20.6. The first-order valence-electron chi connectivity index (χ1n) is 9.48. The monoisotopic (exact) mass is 443 g/mol. The molecule has 1 fully saturated rings. The van der Waals surface area contributed by atoms with Gasteiger partial charge in [-0.1, -0.05) is 29.3 Å². The molecule has 0 bridgehead atoms. The summed E-state index contributed by atoms with van der Waals surface area (Å²) in [5, 5.41) is 10.3. The second kappa shape index (κ2) is 8.60. The lowest BCUT2D eigenvalue weighted by Crippen LogP contribution is -2.48. The number of rotatable bonds is 4. The molecule has 0 aromatic heterocycles. The van der Waals surface area contributed by atoms with Gasteiger partial charge in [0.25, 0.3) is 5.91 Å². The van der Waals surface area contributed by atoms with Crippen LogP contribution in [0.25, 0.3) is 0 Å². The number of fused-ring (bicyclic) bond motifs is 1. The van der Waals surface area contributed by atoms with E-state index in [1.807, 2.05) is 29.2 Å². The minimum Gasteiger partial charge on any atom is -0.496 e. The molecular formula is C21H19Cl2N5O2. The molecule has 3 aliphatic heterocycles. The van der Waals surface area contributed by atoms with Crippen LogP contribution < -0.4 is 4.74 Å². The number of allylic oxidation sites excluding steroid dienone is 2. The fraction of sp³-hybridized carbons (Fsp3) is 0.333. The van der Waals surface area contributed by atoms with Gasteiger partial charge in [-0.25, -0.2) is 4.99 Å². The van der Waals surface area contributed by atoms with Crippen LogP contribution in [0.1, 0.15) is 5.56 Å². The Bertz CT molecular complexity index is 1050. The van der Waals surface area contributed by atoms with Crippen LogP contribution in [0, 0.1) is 11.3 Å². The number of hydrogen-bond donors (Lipinski definition) is 0. The van der Waals surface area contributed by atoms with E-state index in [0.717, 1.165) is 24.4 Å². The van der Waals surface area contributed by atoms with Crippen LogP contribution in [-0.4, -0.2) is 65.9 Å². The van der Waals surface area contributed by atoms with E-state index in [4.69, 9.17) is 27.9 Å². The molecule has 0 N–H and O–H groups in total. The maximum Gasteiger partial charge on any atom is 0.290 e. The summed E-state index contributed by atoms with van der Waals surface area (Å²) in [5.41, 5.74) is 1.90. The molecule has 30 heavy (non-hydrogen) atoms. The molecule has 0 saturated carbocycles. The molecular weight excluding hydrogens is 425 g/mol. The zero-order valence-corrected chi connectivity index (χ0v) is 17.8. The number of alkyl halides is 1. The van der Waals surface area contributed by atoms with Gasteiger partial charge in [-0.15, -0.1) is 0 Å². The Morgan fingerprint density at radius 3 is 2.77 bits per heavy atom. The van der Waals surface area contributed by atoms with E-state index in [0.29, 0.717) is 41.8 Å². The number of nitrogens with zero attached hydrogens (tertiary/aromatic N) is 5. The highest BCUT2D eigenvalue weighted by Crippen LogP contribution is 2.29. The second-order valence-electron chi connectivity index (χ2n) is 7.03. The maximum atomic E-state index is 12.4. The van der Waals surface area contributed by atoms with Crippen molar-refractivity contribution in [2.24, 2.45) is 9.98 Å². The van der Waals surface area contributed by atoms with Gasteiger partial charge in [-0.3, -0.25) is 14.7 Å². The quantitative estimate of drug-likeness (QED) is 0.527. The summed E-state index contributed by atoms with van der Waals surface area (Å²) < 4.78 is 5.44. The van der Waals surface area contributed by atoms with Crippen molar-refractivity contribution in [1.29, 1.82) is 5.26 Å². The Morgan fingerprint density at radius 1 is 1.30 bits per heavy atom. The topological polar surface area (TPSA) is 81.3 Å². The lowest BCUT2D eigenvalue weighted by Gasteiger charge is -2.39. The van der Waals surface area contributed by atoms with E-state index in [-0.39, 0.29) is 5.57 Å². The maximum absolute atomic E-state index is 12.4. The molecule has 7 nitrogen and oxygen atoms in total. The molecule has 1 aromatic carbocycles. The van der Waals surface area contributed by atoms with Crippen LogP contribution >= 0.6 is 23.2 Å². The van der Waals surface area contributed by atoms with Gasteiger partial charge in [0.05, 0.1) is 18.5 Å². The first-order chi connectivity index (χ1) is 14.5. The summed E-state index contributed by atoms with van der Waals surface area (Å²) in [5.74, 6) is 0.219. The standard InChI is InChI=1S/C21H19Cl2N5O2/c1-30-17-4-2-3-15(22)14(17)12-27-7-9-28(10-8-27)20-13(11-24)21(29)25-16-5-6-18(23)26-19(16)20/h2-6,18H,7-10,12H2,1H3. The molecule has 1 saturated heterocycles. The lowest BCUT2D eigenvalue weighted by atomic mass is 9.99. The number of carbonyl (C=O) groups is 1. The largest absolute Gasteiger partial charge is 0.496 e. The van der Waals surface area contributed by atoms with Gasteiger partial charge in [-0.2, -0.15) is 5.26 Å². The van der Waals surface area contributed by atoms with Crippen molar-refractivity contribution < 1.29 is 9.53 Å². The van der Waals surface area contributed by atoms with Crippen molar-refractivity contribution in [1.82, 2.24) is 9.80 Å². The molecule has 9 heteroatoms. The van der Waals surface area contributed by atoms with Crippen LogP contribution in [0.2, 0.25) is 5.02 Å². The van der Waals surface area contributed by atoms with Crippen molar-refractivity contribution in [2.45, 2.75) is 12.0 Å². The van der Waals surface area contributed by atoms with Crippen molar-refractivity contribution in [3.63, 3.8) is 0 Å². The van der Waals surface area contributed by atoms with Crippen molar-refractivity contribution in [3.05, 3.63) is 52.2 Å². The summed E-state index contributed by atoms with van der Waals surface area (Å²) in [6, 6.07) is 7.62. The van der Waals surface area contributed by atoms with Gasteiger partial charge >= 0.3 is 0 Å². The highest BCUT2D eigenvalue weighted by atomic mass is 35.5. The lowest BCUT2D eigenvalue weighted by molar-refractivity contribution is -0.114. The average molecular weight is 444 g/mol. The van der Waals surface area contributed by atoms with E-state index in [9.17, 15) is 10.1 Å². The average Bonchev–Trinajstić information content (AvgIpc) is 2.75. The number of halogens is 2. The summed E-state index contributed by atoms with van der Waals surface area (Å²) in [6.07, 6.45) is 3.35. The number of piperazine rings is 1. The summed E-state index contributed by atoms with van der Waals surface area (Å²) in [7, 11) is 1.63. The Kier molecular flexibility index (Phi) is 5.91. The van der Waals surface area contributed by atoms with Gasteiger partial charge in [0.2, 0.25) is 0 Å². The number of methoxy groups -OCH3 is 1. The van der Waals surface area contributed by atoms with E-state index in [2.05, 4.69) is 14.9 Å². The number of hydrogen-bond acceptors (Lipinski definition) is 6. The smallest absolute Gasteiger partial charge is 0.290 e. The zero-order chi connectivity index (χ0) is 21.3. The molecule has 1 atom stereocenters. The minimum atomic E-state index is -0.545. The van der Waals surface area contributed by atoms with E-state index < -0.39 is 11.4 Å². The van der Waals surface area contributed by atoms with Gasteiger partial charge < -0.3 is 9.64 Å². The Labute approximate surface area is 184 Å². The third kappa shape index (κ3) is 3.86. The third-order valence-corrected chi connectivity index (χ3v) is 5.88. The van der Waals surface area contributed by atoms with E-state index >= 15 is 0 Å². The molecule has 1 aromatic rings. The third-order valence-electron chi connectivity index (χ3n) is 5.28. The SMILES string of the molecule is COc1cccc(Cl)c1CN1CCN(C2=C(C#N)C(=O)N=C3C=CC(Cl)N=C32)CC1. The van der Waals surface area contributed by atoms with Crippen LogP contribution in [0.3, 0.4) is 0 Å². The van der Waals surface area contributed by atoms with Crippen molar-refractivity contribution in [3.8, 4) is 11.8 Å². The highest BCUT2D eigenvalue weighted by Gasteiger charge is 2.34. The van der Waals surface area contributed by atoms with Gasteiger partial charge in [-0.05, 0) is 24.3 Å². The molecule has 0 spiro atoms. The Morgan fingerprint density at radius 2 is 2.07 bits per heavy atom. The number of dihydropyridines is 2. The number of nitriles is 1. The number of ether oxygens (including phenoxy) is 1. The fourth-order valence-corrected chi connectivity index (χ4v) is 4.18. The molecule has 0 radical (unpaired) electrons. The number of carbonyl (C=O) groups excluding carboxylic acids is 1. The van der Waals surface area contributed by atoms with Gasteiger partial charge in [0, 0.05) is 43.3 Å². The van der Waals surface area contributed by atoms with Crippen LogP contribution in [-0.2, 0) is 11.3 Å². The van der Waals surface area contributed by atoms with E-state index in [1.54, 1.807) is 19.3 Å². The minimum absolute atomic E-state index is 0.0119. The second-order valence-corrected chi connectivity index (χ2v) is 7.89. The molecule has 3 aliphatic rings. The normalized spacial score (nSPS) is 21.7. The molecule has 1 unspecified atom stereocenters. The Balaban J connectivity index is 1.54. The molecule has 1 amide bonds. The summed E-state index contributed by atoms with van der Waals surface area (Å²) in [6.45, 7) is 3.36. The highest BCUT2D eigenvalue weighted by molar-refractivity contribution is 6.56. The predicted molar refractivity (Wildman–Crippen MR) is 116 cm³/mol. The Hall–Kier alpha value is -2.66. The molecule has 3 heterocycles. The van der Waals surface area contributed by atoms with Crippen LogP contribution in [0.4, 0.5) is 0 Å². The van der Waals surface area contributed by atoms with Gasteiger partial charge in [0.15, 0.2) is 0 Å². The fourth-order valence-electron chi connectivity index (χ4n) is 3.79. The number of aliphatic imine (C=N–C) groups is 2. The molecule has 0 aliphatic carbocycles. The molecule has 4 rings (SSSR count). The van der Waals surface area contributed by atoms with Crippen molar-refractivity contribution >= 4 is 40.5 Å². The van der Waals surface area contributed by atoms with Crippen molar-refractivity contribution in [2.75, 3.05) is 33.3 Å². The van der Waals surface area contributed by atoms with Crippen LogP contribution in [0.15, 0.2) is 51.6 Å². The molecule has 154 valence electrons. The van der Waals surface area contributed by atoms with Gasteiger partial charge in [0.1, 0.15) is 28.6 Å². The zero-order valence-electron chi connectivity index (χ0n) is 16.3. The predicted octanol–water partition coefficient (Wildman–Crippen LogP) is 2.80. The van der Waals surface area contributed by atoms with E-state index in [1.165, 1.54) is 0 Å². The summed E-state index contributed by atoms with van der Waals surface area (Å²) >= 11 is 12.5. The van der Waals surface area contributed by atoms with Crippen LogP contribution in [0.5, 0.6) is 5.75 Å². The number of amides is 1.